The Kier molecular flexibility index (Phi) is 2.95. The highest BCUT2D eigenvalue weighted by atomic mass is 16.1. The van der Waals surface area contributed by atoms with Crippen LogP contribution >= 0.6 is 0 Å². The van der Waals surface area contributed by atoms with Crippen LogP contribution in [-0.2, 0) is 20.6 Å². The van der Waals surface area contributed by atoms with Crippen molar-refractivity contribution in [3.8, 4) is 0 Å². The van der Waals surface area contributed by atoms with Gasteiger partial charge in [-0.3, -0.25) is 9.13 Å². The summed E-state index contributed by atoms with van der Waals surface area (Å²) >= 11 is 0. The van der Waals surface area contributed by atoms with Crippen LogP contribution in [0.25, 0.3) is 22.1 Å². The molecule has 0 saturated heterocycles. The number of benzene rings is 2. The molecule has 4 aromatic rings. The van der Waals surface area contributed by atoms with E-state index in [9.17, 15) is 4.79 Å². The first-order chi connectivity index (χ1) is 12.1. The number of para-hydroxylation sites is 1. The van der Waals surface area contributed by atoms with Crippen molar-refractivity contribution in [1.29, 1.82) is 0 Å². The van der Waals surface area contributed by atoms with Gasteiger partial charge in [-0.2, -0.15) is 0 Å². The Hall–Kier alpha value is -2.82. The smallest absolute Gasteiger partial charge is 0.326 e. The van der Waals surface area contributed by atoms with Gasteiger partial charge in [-0.25, -0.2) is 9.78 Å². The minimum Gasteiger partial charge on any atom is -0.326 e. The molecule has 5 rings (SSSR count). The molecule has 25 heavy (non-hydrogen) atoms. The van der Waals surface area contributed by atoms with Gasteiger partial charge < -0.3 is 4.57 Å². The third-order valence-electron chi connectivity index (χ3n) is 5.38. The summed E-state index contributed by atoms with van der Waals surface area (Å²) < 4.78 is 5.64. The number of aryl methyl sites for hydroxylation is 2. The zero-order valence-corrected chi connectivity index (χ0v) is 14.4. The van der Waals surface area contributed by atoms with Crippen molar-refractivity contribution < 1.29 is 0 Å². The van der Waals surface area contributed by atoms with E-state index in [1.165, 1.54) is 29.5 Å². The van der Waals surface area contributed by atoms with Gasteiger partial charge in [0.25, 0.3) is 0 Å². The number of rotatable bonds is 3. The molecule has 0 spiro atoms. The average molecular weight is 332 g/mol. The van der Waals surface area contributed by atoms with Crippen LogP contribution in [0.3, 0.4) is 0 Å². The molecule has 0 bridgehead atoms. The second kappa shape index (κ2) is 5.09. The SMILES string of the molecule is Cn1c(=O)n(C)c2cc(Cn3cnc4cccc(C5CC5)c43)ccc21. The van der Waals surface area contributed by atoms with Gasteiger partial charge in [0.15, 0.2) is 0 Å². The normalized spacial score (nSPS) is 14.6. The van der Waals surface area contributed by atoms with Gasteiger partial charge in [0.2, 0.25) is 0 Å². The number of aromatic nitrogens is 4. The molecule has 2 aromatic carbocycles. The maximum Gasteiger partial charge on any atom is 0.328 e. The molecule has 0 aliphatic heterocycles. The van der Waals surface area contributed by atoms with E-state index in [1.54, 1.807) is 9.13 Å². The molecule has 5 heteroatoms. The van der Waals surface area contributed by atoms with Crippen LogP contribution in [-0.4, -0.2) is 18.7 Å². The Morgan fingerprint density at radius 3 is 2.68 bits per heavy atom. The fourth-order valence-electron chi connectivity index (χ4n) is 3.85. The Labute approximate surface area is 145 Å². The van der Waals surface area contributed by atoms with Gasteiger partial charge in [-0.15, -0.1) is 0 Å². The summed E-state index contributed by atoms with van der Waals surface area (Å²) in [6, 6.07) is 12.7. The van der Waals surface area contributed by atoms with Crippen LogP contribution in [0.1, 0.15) is 29.9 Å². The molecule has 2 aromatic heterocycles. The zero-order valence-electron chi connectivity index (χ0n) is 14.4. The Morgan fingerprint density at radius 1 is 1.08 bits per heavy atom. The van der Waals surface area contributed by atoms with E-state index < -0.39 is 0 Å². The number of imidazole rings is 2. The first kappa shape index (κ1) is 14.5. The molecular formula is C20H20N4O. The molecule has 0 radical (unpaired) electrons. The Balaban J connectivity index is 1.62. The summed E-state index contributed by atoms with van der Waals surface area (Å²) in [5.41, 5.74) is 6.87. The highest BCUT2D eigenvalue weighted by Crippen LogP contribution is 2.43. The van der Waals surface area contributed by atoms with Gasteiger partial charge >= 0.3 is 5.69 Å². The Bertz CT molecular complexity index is 1170. The summed E-state index contributed by atoms with van der Waals surface area (Å²) in [5.74, 6) is 0.691. The van der Waals surface area contributed by atoms with Crippen molar-refractivity contribution in [2.45, 2.75) is 25.3 Å². The van der Waals surface area contributed by atoms with E-state index in [4.69, 9.17) is 0 Å². The molecular weight excluding hydrogens is 312 g/mol. The van der Waals surface area contributed by atoms with E-state index in [1.807, 2.05) is 26.5 Å². The van der Waals surface area contributed by atoms with E-state index in [0.717, 1.165) is 23.1 Å². The lowest BCUT2D eigenvalue weighted by Crippen LogP contribution is -2.19. The molecule has 0 N–H and O–H groups in total. The van der Waals surface area contributed by atoms with Gasteiger partial charge in [0.1, 0.15) is 0 Å². The molecule has 0 unspecified atom stereocenters. The lowest BCUT2D eigenvalue weighted by molar-refractivity contribution is 0.794. The summed E-state index contributed by atoms with van der Waals surface area (Å²) in [4.78, 5) is 16.7. The van der Waals surface area contributed by atoms with Gasteiger partial charge in [-0.1, -0.05) is 18.2 Å². The van der Waals surface area contributed by atoms with Gasteiger partial charge in [0.05, 0.1) is 28.4 Å². The van der Waals surface area contributed by atoms with Gasteiger partial charge in [-0.05, 0) is 48.1 Å². The number of hydrogen-bond donors (Lipinski definition) is 0. The number of nitrogens with zero attached hydrogens (tertiary/aromatic N) is 4. The topological polar surface area (TPSA) is 44.8 Å². The van der Waals surface area contributed by atoms with Crippen LogP contribution in [0.2, 0.25) is 0 Å². The van der Waals surface area contributed by atoms with Crippen LogP contribution in [0.5, 0.6) is 0 Å². The van der Waals surface area contributed by atoms with Crippen molar-refractivity contribution >= 4 is 22.1 Å². The molecule has 1 aliphatic rings. The monoisotopic (exact) mass is 332 g/mol. The third kappa shape index (κ3) is 2.15. The van der Waals surface area contributed by atoms with E-state index in [-0.39, 0.29) is 5.69 Å². The van der Waals surface area contributed by atoms with Crippen LogP contribution in [0.4, 0.5) is 0 Å². The largest absolute Gasteiger partial charge is 0.328 e. The van der Waals surface area contributed by atoms with Crippen molar-refractivity contribution in [3.05, 3.63) is 64.3 Å². The first-order valence-electron chi connectivity index (χ1n) is 8.71. The second-order valence-corrected chi connectivity index (χ2v) is 7.09. The summed E-state index contributed by atoms with van der Waals surface area (Å²) in [6.45, 7) is 0.763. The standard InChI is InChI=1S/C20H20N4O/c1-22-17-9-6-13(10-18(17)23(2)20(22)25)11-24-12-21-16-5-3-4-15(19(16)24)14-7-8-14/h3-6,9-10,12,14H,7-8,11H2,1-2H3. The highest BCUT2D eigenvalue weighted by Gasteiger charge is 2.26. The minimum absolute atomic E-state index is 0.0104. The first-order valence-corrected chi connectivity index (χ1v) is 8.71. The van der Waals surface area contributed by atoms with Crippen LogP contribution in [0.15, 0.2) is 47.5 Å². The fraction of sp³-hybridized carbons (Fsp3) is 0.300. The highest BCUT2D eigenvalue weighted by molar-refractivity contribution is 5.80. The van der Waals surface area contributed by atoms with Crippen molar-refractivity contribution in [3.63, 3.8) is 0 Å². The number of fused-ring (bicyclic) bond motifs is 2. The molecule has 2 heterocycles. The summed E-state index contributed by atoms with van der Waals surface area (Å²) in [5, 5.41) is 0. The molecule has 5 nitrogen and oxygen atoms in total. The van der Waals surface area contributed by atoms with Crippen LogP contribution in [0, 0.1) is 0 Å². The molecule has 0 atom stereocenters. The molecule has 1 saturated carbocycles. The predicted molar refractivity (Wildman–Crippen MR) is 99.0 cm³/mol. The fourth-order valence-corrected chi connectivity index (χ4v) is 3.85. The zero-order chi connectivity index (χ0) is 17.1. The minimum atomic E-state index is 0.0104. The molecule has 1 fully saturated rings. The maximum absolute atomic E-state index is 12.1. The molecule has 0 amide bonds. The van der Waals surface area contributed by atoms with Gasteiger partial charge in [0, 0.05) is 20.6 Å². The quantitative estimate of drug-likeness (QED) is 0.578. The van der Waals surface area contributed by atoms with Crippen molar-refractivity contribution in [2.24, 2.45) is 14.1 Å². The summed E-state index contributed by atoms with van der Waals surface area (Å²) in [7, 11) is 3.64. The number of hydrogen-bond acceptors (Lipinski definition) is 2. The van der Waals surface area contributed by atoms with E-state index in [2.05, 4.69) is 39.9 Å². The molecule has 126 valence electrons. The lowest BCUT2D eigenvalue weighted by Gasteiger charge is -2.09. The summed E-state index contributed by atoms with van der Waals surface area (Å²) in [6.07, 6.45) is 4.50. The third-order valence-corrected chi connectivity index (χ3v) is 5.38. The Morgan fingerprint density at radius 2 is 1.88 bits per heavy atom. The maximum atomic E-state index is 12.1. The molecule has 1 aliphatic carbocycles. The van der Waals surface area contributed by atoms with E-state index in [0.29, 0.717) is 5.92 Å². The van der Waals surface area contributed by atoms with Crippen molar-refractivity contribution in [2.75, 3.05) is 0 Å². The van der Waals surface area contributed by atoms with Crippen molar-refractivity contribution in [1.82, 2.24) is 18.7 Å². The lowest BCUT2D eigenvalue weighted by atomic mass is 10.1. The average Bonchev–Trinajstić information content (AvgIpc) is 3.37. The predicted octanol–water partition coefficient (Wildman–Crippen LogP) is 3.15. The van der Waals surface area contributed by atoms with Crippen LogP contribution < -0.4 is 5.69 Å². The van der Waals surface area contributed by atoms with E-state index >= 15 is 0 Å². The second-order valence-electron chi connectivity index (χ2n) is 7.09.